The van der Waals surface area contributed by atoms with Gasteiger partial charge in [0.1, 0.15) is 11.5 Å². The number of ether oxygens (including phenoxy) is 2. The Morgan fingerprint density at radius 3 is 2.68 bits per heavy atom. The maximum atomic E-state index is 14.8. The van der Waals surface area contributed by atoms with E-state index in [0.29, 0.717) is 54.2 Å². The van der Waals surface area contributed by atoms with Gasteiger partial charge < -0.3 is 19.4 Å². The van der Waals surface area contributed by atoms with Crippen LogP contribution in [0.4, 0.5) is 4.39 Å². The number of hydrogen-bond acceptors (Lipinski definition) is 7. The molecule has 2 bridgehead atoms. The number of methoxy groups -OCH3 is 1. The van der Waals surface area contributed by atoms with Crippen molar-refractivity contribution in [1.29, 1.82) is 0 Å². The summed E-state index contributed by atoms with van der Waals surface area (Å²) in [5.74, 6) is 0.0919. The monoisotopic (exact) mass is 503 g/mol. The molecule has 1 N–H and O–H groups in total. The third-order valence-electron chi connectivity index (χ3n) is 8.23. The minimum atomic E-state index is -0.350. The van der Waals surface area contributed by atoms with E-state index in [9.17, 15) is 9.18 Å². The average molecular weight is 504 g/mol. The molecule has 2 aliphatic heterocycles. The molecule has 0 radical (unpaired) electrons. The molecule has 9 heteroatoms. The van der Waals surface area contributed by atoms with Crippen LogP contribution in [0.2, 0.25) is 0 Å². The molecule has 1 saturated carbocycles. The summed E-state index contributed by atoms with van der Waals surface area (Å²) in [6, 6.07) is 11.2. The fraction of sp³-hybridized carbons (Fsp3) is 0.429. The van der Waals surface area contributed by atoms with Gasteiger partial charge in [0.2, 0.25) is 5.88 Å². The van der Waals surface area contributed by atoms with Crippen LogP contribution in [0, 0.1) is 5.82 Å². The predicted octanol–water partition coefficient (Wildman–Crippen LogP) is 3.83. The third kappa shape index (κ3) is 4.26. The molecular formula is C28H30FN5O3. The standard InChI is InChI=1S/C28H30FN5O3/c1-34-23-6-4-3-5-20(23)32-22(26(34)35)16-31-27-11-13-28(14-12-27,37-17-27)10-9-18-19(29)15-30-21-7-8-24(36-2)33-25(18)21/h3-8,15,31H,9-14,16-17H2,1-2H3. The normalized spacial score (nSPS) is 23.1. The Morgan fingerprint density at radius 1 is 1.11 bits per heavy atom. The van der Waals surface area contributed by atoms with Gasteiger partial charge in [0, 0.05) is 30.8 Å². The van der Waals surface area contributed by atoms with E-state index in [1.54, 1.807) is 30.9 Å². The predicted molar refractivity (Wildman–Crippen MR) is 138 cm³/mol. The molecule has 2 saturated heterocycles. The first kappa shape index (κ1) is 23.9. The van der Waals surface area contributed by atoms with Crippen molar-refractivity contribution in [3.8, 4) is 5.88 Å². The van der Waals surface area contributed by atoms with Gasteiger partial charge in [-0.3, -0.25) is 9.78 Å². The van der Waals surface area contributed by atoms with Gasteiger partial charge in [-0.15, -0.1) is 0 Å². The Kier molecular flexibility index (Phi) is 5.92. The molecule has 1 aromatic carbocycles. The number of aryl methyl sites for hydroxylation is 2. The fourth-order valence-electron chi connectivity index (χ4n) is 5.82. The van der Waals surface area contributed by atoms with E-state index in [1.807, 2.05) is 24.3 Å². The molecule has 0 amide bonds. The van der Waals surface area contributed by atoms with Crippen molar-refractivity contribution in [2.45, 2.75) is 56.2 Å². The average Bonchev–Trinajstić information content (AvgIpc) is 2.94. The molecule has 0 unspecified atom stereocenters. The van der Waals surface area contributed by atoms with Gasteiger partial charge in [-0.05, 0) is 56.7 Å². The van der Waals surface area contributed by atoms with Crippen LogP contribution in [0.15, 0.2) is 47.4 Å². The van der Waals surface area contributed by atoms with E-state index in [0.717, 1.165) is 36.7 Å². The smallest absolute Gasteiger partial charge is 0.273 e. The molecule has 3 fully saturated rings. The minimum Gasteiger partial charge on any atom is -0.481 e. The number of rotatable bonds is 7. The molecule has 8 nitrogen and oxygen atoms in total. The molecule has 1 aliphatic carbocycles. The molecule has 5 heterocycles. The Bertz CT molecular complexity index is 1530. The Hall–Kier alpha value is -3.43. The largest absolute Gasteiger partial charge is 0.481 e. The Balaban J connectivity index is 1.14. The van der Waals surface area contributed by atoms with Crippen molar-refractivity contribution in [1.82, 2.24) is 24.8 Å². The molecule has 37 heavy (non-hydrogen) atoms. The van der Waals surface area contributed by atoms with Crippen molar-refractivity contribution < 1.29 is 13.9 Å². The van der Waals surface area contributed by atoms with Crippen LogP contribution in [0.25, 0.3) is 22.1 Å². The first-order valence-corrected chi connectivity index (χ1v) is 12.7. The topological polar surface area (TPSA) is 91.2 Å². The molecular weight excluding hydrogens is 473 g/mol. The van der Waals surface area contributed by atoms with Crippen LogP contribution < -0.4 is 15.6 Å². The number of pyridine rings is 2. The minimum absolute atomic E-state index is 0.0821. The Morgan fingerprint density at radius 2 is 1.92 bits per heavy atom. The van der Waals surface area contributed by atoms with Crippen LogP contribution in [0.3, 0.4) is 0 Å². The van der Waals surface area contributed by atoms with E-state index in [1.165, 1.54) is 6.20 Å². The number of halogens is 1. The molecule has 192 valence electrons. The fourth-order valence-corrected chi connectivity index (χ4v) is 5.82. The van der Waals surface area contributed by atoms with Gasteiger partial charge in [0.05, 0.1) is 47.6 Å². The lowest BCUT2D eigenvalue weighted by Crippen LogP contribution is -2.61. The lowest BCUT2D eigenvalue weighted by Gasteiger charge is -2.53. The molecule has 3 aromatic heterocycles. The van der Waals surface area contributed by atoms with E-state index in [2.05, 4.69) is 20.3 Å². The van der Waals surface area contributed by atoms with Crippen molar-refractivity contribution in [3.05, 3.63) is 70.0 Å². The lowest BCUT2D eigenvalue weighted by molar-refractivity contribution is -0.165. The second-order valence-electron chi connectivity index (χ2n) is 10.3. The van der Waals surface area contributed by atoms with Crippen molar-refractivity contribution >= 4 is 22.1 Å². The summed E-state index contributed by atoms with van der Waals surface area (Å²) >= 11 is 0. The van der Waals surface area contributed by atoms with Gasteiger partial charge in [0.25, 0.3) is 5.56 Å². The van der Waals surface area contributed by atoms with Crippen LogP contribution >= 0.6 is 0 Å². The number of benzene rings is 1. The number of para-hydroxylation sites is 2. The highest BCUT2D eigenvalue weighted by molar-refractivity contribution is 5.78. The lowest BCUT2D eigenvalue weighted by atomic mass is 9.69. The van der Waals surface area contributed by atoms with Gasteiger partial charge in [-0.1, -0.05) is 12.1 Å². The van der Waals surface area contributed by atoms with Gasteiger partial charge in [-0.2, -0.15) is 0 Å². The molecule has 3 aliphatic rings. The number of aromatic nitrogens is 4. The molecule has 0 spiro atoms. The van der Waals surface area contributed by atoms with Crippen LogP contribution in [-0.4, -0.2) is 44.4 Å². The first-order valence-electron chi connectivity index (χ1n) is 12.7. The van der Waals surface area contributed by atoms with Gasteiger partial charge in [-0.25, -0.2) is 14.4 Å². The summed E-state index contributed by atoms with van der Waals surface area (Å²) in [5, 5.41) is 3.62. The van der Waals surface area contributed by atoms with E-state index >= 15 is 0 Å². The third-order valence-corrected chi connectivity index (χ3v) is 8.23. The van der Waals surface area contributed by atoms with Crippen LogP contribution in [0.5, 0.6) is 5.88 Å². The highest BCUT2D eigenvalue weighted by atomic mass is 19.1. The van der Waals surface area contributed by atoms with E-state index in [4.69, 9.17) is 9.47 Å². The highest BCUT2D eigenvalue weighted by Crippen LogP contribution is 2.46. The molecule has 0 atom stereocenters. The van der Waals surface area contributed by atoms with E-state index in [-0.39, 0.29) is 22.5 Å². The van der Waals surface area contributed by atoms with E-state index < -0.39 is 0 Å². The zero-order valence-corrected chi connectivity index (χ0v) is 21.1. The first-order chi connectivity index (χ1) is 17.9. The maximum absolute atomic E-state index is 14.8. The summed E-state index contributed by atoms with van der Waals surface area (Å²) in [7, 11) is 3.33. The summed E-state index contributed by atoms with van der Waals surface area (Å²) < 4.78 is 28.2. The number of fused-ring (bicyclic) bond motifs is 5. The van der Waals surface area contributed by atoms with Gasteiger partial charge >= 0.3 is 0 Å². The summed E-state index contributed by atoms with van der Waals surface area (Å²) in [4.78, 5) is 26.1. The number of nitrogens with zero attached hydrogens (tertiary/aromatic N) is 4. The van der Waals surface area contributed by atoms with Crippen molar-refractivity contribution in [3.63, 3.8) is 0 Å². The zero-order valence-electron chi connectivity index (χ0n) is 21.1. The van der Waals surface area contributed by atoms with Crippen LogP contribution in [0.1, 0.15) is 43.4 Å². The van der Waals surface area contributed by atoms with Gasteiger partial charge in [0.15, 0.2) is 0 Å². The summed E-state index contributed by atoms with van der Waals surface area (Å²) in [5.41, 5.74) is 3.37. The number of hydrogen-bond donors (Lipinski definition) is 1. The van der Waals surface area contributed by atoms with Crippen molar-refractivity contribution in [2.75, 3.05) is 13.7 Å². The summed E-state index contributed by atoms with van der Waals surface area (Å²) in [6.45, 7) is 0.960. The Labute approximate surface area is 213 Å². The molecule has 4 aromatic rings. The van der Waals surface area contributed by atoms with Crippen molar-refractivity contribution in [2.24, 2.45) is 7.05 Å². The van der Waals surface area contributed by atoms with Crippen LogP contribution in [-0.2, 0) is 24.8 Å². The highest BCUT2D eigenvalue weighted by Gasteiger charge is 2.49. The quantitative estimate of drug-likeness (QED) is 0.410. The maximum Gasteiger partial charge on any atom is 0.273 e. The second kappa shape index (κ2) is 9.15. The SMILES string of the molecule is COc1ccc2ncc(F)c(CCC34CCC(NCc5nc6ccccc6n(C)c5=O)(CC3)CO4)c2n1. The second-order valence-corrected chi connectivity index (χ2v) is 10.3. The number of nitrogens with one attached hydrogen (secondary N) is 1. The molecule has 7 rings (SSSR count). The zero-order chi connectivity index (χ0) is 25.6. The summed E-state index contributed by atoms with van der Waals surface area (Å²) in [6.07, 6.45) is 6.13.